The number of nitrogens with zero attached hydrogens (tertiary/aromatic N) is 2. The van der Waals surface area contributed by atoms with Gasteiger partial charge in [0.15, 0.2) is 0 Å². The summed E-state index contributed by atoms with van der Waals surface area (Å²) >= 11 is 0. The number of hydrogen-bond donors (Lipinski definition) is 1. The van der Waals surface area contributed by atoms with Crippen LogP contribution >= 0.6 is 0 Å². The van der Waals surface area contributed by atoms with Crippen molar-refractivity contribution in [2.75, 3.05) is 13.6 Å². The number of benzene rings is 1. The molecule has 2 rings (SSSR count). The number of Topliss-reactive ketones (excluding diaryl/α,β-unsaturated/α-hetero) is 1. The van der Waals surface area contributed by atoms with Gasteiger partial charge in [-0.05, 0) is 19.2 Å². The molecule has 0 aliphatic rings. The van der Waals surface area contributed by atoms with E-state index in [1.54, 1.807) is 0 Å². The molecule has 0 aliphatic heterocycles. The molecule has 90 valence electrons. The Hall–Kier alpha value is -1.68. The molecule has 2 aromatic rings. The molecule has 0 saturated heterocycles. The Morgan fingerprint density at radius 3 is 2.88 bits per heavy atom. The molecule has 0 amide bonds. The van der Waals surface area contributed by atoms with Crippen molar-refractivity contribution >= 4 is 16.8 Å². The molecule has 0 radical (unpaired) electrons. The van der Waals surface area contributed by atoms with E-state index in [2.05, 4.69) is 10.3 Å². The van der Waals surface area contributed by atoms with Gasteiger partial charge in [-0.15, -0.1) is 0 Å². The third-order valence-corrected chi connectivity index (χ3v) is 2.89. The normalized spacial score (nSPS) is 10.9. The Labute approximate surface area is 101 Å². The first kappa shape index (κ1) is 11.8. The summed E-state index contributed by atoms with van der Waals surface area (Å²) in [5.41, 5.74) is 2.02. The first-order chi connectivity index (χ1) is 8.22. The number of fused-ring (bicyclic) bond motifs is 1. The molecular formula is C13H17N3O. The average molecular weight is 231 g/mol. The number of carbonyl (C=O) groups is 1. The zero-order valence-electron chi connectivity index (χ0n) is 10.2. The number of imidazole rings is 1. The van der Waals surface area contributed by atoms with Gasteiger partial charge in [0.05, 0.1) is 17.5 Å². The van der Waals surface area contributed by atoms with Crippen LogP contribution in [-0.2, 0) is 18.3 Å². The van der Waals surface area contributed by atoms with Gasteiger partial charge in [-0.1, -0.05) is 12.1 Å². The van der Waals surface area contributed by atoms with E-state index in [0.717, 1.165) is 23.4 Å². The number of para-hydroxylation sites is 2. The summed E-state index contributed by atoms with van der Waals surface area (Å²) in [7, 11) is 3.80. The van der Waals surface area contributed by atoms with Crippen molar-refractivity contribution in [3.63, 3.8) is 0 Å². The van der Waals surface area contributed by atoms with Gasteiger partial charge in [0, 0.05) is 20.0 Å². The zero-order chi connectivity index (χ0) is 12.3. The molecule has 1 N–H and O–H groups in total. The van der Waals surface area contributed by atoms with Crippen LogP contribution in [0, 0.1) is 0 Å². The van der Waals surface area contributed by atoms with Crippen molar-refractivity contribution in [2.45, 2.75) is 12.8 Å². The summed E-state index contributed by atoms with van der Waals surface area (Å²) in [5, 5.41) is 2.98. The highest BCUT2D eigenvalue weighted by atomic mass is 16.1. The van der Waals surface area contributed by atoms with E-state index in [4.69, 9.17) is 0 Å². The maximum Gasteiger partial charge on any atom is 0.141 e. The maximum atomic E-state index is 11.7. The van der Waals surface area contributed by atoms with E-state index in [1.165, 1.54) is 0 Å². The Morgan fingerprint density at radius 2 is 2.18 bits per heavy atom. The molecule has 0 bridgehead atoms. The smallest absolute Gasteiger partial charge is 0.141 e. The van der Waals surface area contributed by atoms with Crippen LogP contribution in [0.4, 0.5) is 0 Å². The average Bonchev–Trinajstić information content (AvgIpc) is 2.64. The summed E-state index contributed by atoms with van der Waals surface area (Å²) in [5.74, 6) is 1.06. The fraction of sp³-hybridized carbons (Fsp3) is 0.385. The first-order valence-electron chi connectivity index (χ1n) is 5.79. The minimum Gasteiger partial charge on any atom is -0.331 e. The van der Waals surface area contributed by atoms with Gasteiger partial charge in [-0.2, -0.15) is 0 Å². The number of rotatable bonds is 5. The van der Waals surface area contributed by atoms with Crippen LogP contribution in [0.25, 0.3) is 11.0 Å². The van der Waals surface area contributed by atoms with Crippen LogP contribution in [0.15, 0.2) is 24.3 Å². The van der Waals surface area contributed by atoms with E-state index in [9.17, 15) is 4.79 Å². The second-order valence-electron chi connectivity index (χ2n) is 4.14. The third kappa shape index (κ3) is 2.53. The molecular weight excluding hydrogens is 214 g/mol. The number of hydrogen-bond acceptors (Lipinski definition) is 3. The quantitative estimate of drug-likeness (QED) is 0.843. The van der Waals surface area contributed by atoms with E-state index in [1.807, 2.05) is 42.9 Å². The number of carbonyl (C=O) groups excluding carboxylic acids is 1. The molecule has 0 fully saturated rings. The molecule has 0 aliphatic carbocycles. The van der Waals surface area contributed by atoms with Gasteiger partial charge in [0.1, 0.15) is 11.6 Å². The van der Waals surface area contributed by atoms with E-state index in [-0.39, 0.29) is 5.78 Å². The van der Waals surface area contributed by atoms with Crippen LogP contribution < -0.4 is 5.32 Å². The Kier molecular flexibility index (Phi) is 3.54. The van der Waals surface area contributed by atoms with Crippen molar-refractivity contribution in [3.8, 4) is 0 Å². The minimum atomic E-state index is 0.220. The van der Waals surface area contributed by atoms with Gasteiger partial charge >= 0.3 is 0 Å². The van der Waals surface area contributed by atoms with Gasteiger partial charge < -0.3 is 9.88 Å². The molecule has 1 aromatic heterocycles. The predicted octanol–water partition coefficient (Wildman–Crippen LogP) is 1.29. The highest BCUT2D eigenvalue weighted by Gasteiger charge is 2.10. The molecule has 4 nitrogen and oxygen atoms in total. The molecule has 1 aromatic carbocycles. The van der Waals surface area contributed by atoms with Crippen molar-refractivity contribution < 1.29 is 4.79 Å². The Morgan fingerprint density at radius 1 is 1.41 bits per heavy atom. The molecule has 0 unspecified atom stereocenters. The van der Waals surface area contributed by atoms with Gasteiger partial charge in [-0.3, -0.25) is 4.79 Å². The molecule has 4 heteroatoms. The molecule has 0 saturated carbocycles. The SMILES string of the molecule is CNCCC(=O)Cc1nc2ccccc2n1C. The van der Waals surface area contributed by atoms with Crippen LogP contribution in [0.1, 0.15) is 12.2 Å². The Balaban J connectivity index is 2.19. The zero-order valence-corrected chi connectivity index (χ0v) is 10.2. The summed E-state index contributed by atoms with van der Waals surface area (Å²) in [6, 6.07) is 7.93. The van der Waals surface area contributed by atoms with Gasteiger partial charge in [0.2, 0.25) is 0 Å². The lowest BCUT2D eigenvalue weighted by Crippen LogP contribution is -2.15. The summed E-state index contributed by atoms with van der Waals surface area (Å²) < 4.78 is 1.99. The van der Waals surface area contributed by atoms with Gasteiger partial charge in [-0.25, -0.2) is 4.98 Å². The lowest BCUT2D eigenvalue weighted by Gasteiger charge is -2.01. The highest BCUT2D eigenvalue weighted by molar-refractivity contribution is 5.82. The lowest BCUT2D eigenvalue weighted by molar-refractivity contribution is -0.118. The maximum absolute atomic E-state index is 11.7. The van der Waals surface area contributed by atoms with Gasteiger partial charge in [0.25, 0.3) is 0 Å². The lowest BCUT2D eigenvalue weighted by atomic mass is 10.2. The number of aryl methyl sites for hydroxylation is 1. The number of nitrogens with one attached hydrogen (secondary N) is 1. The minimum absolute atomic E-state index is 0.220. The molecule has 17 heavy (non-hydrogen) atoms. The van der Waals surface area contributed by atoms with Crippen LogP contribution in [0.2, 0.25) is 0 Å². The van der Waals surface area contributed by atoms with E-state index in [0.29, 0.717) is 12.8 Å². The second-order valence-corrected chi connectivity index (χ2v) is 4.14. The molecule has 0 atom stereocenters. The van der Waals surface area contributed by atoms with E-state index >= 15 is 0 Å². The van der Waals surface area contributed by atoms with Crippen LogP contribution in [0.3, 0.4) is 0 Å². The number of aromatic nitrogens is 2. The standard InChI is InChI=1S/C13H17N3O/c1-14-8-7-10(17)9-13-15-11-5-3-4-6-12(11)16(13)2/h3-6,14H,7-9H2,1-2H3. The second kappa shape index (κ2) is 5.10. The highest BCUT2D eigenvalue weighted by Crippen LogP contribution is 2.14. The summed E-state index contributed by atoms with van der Waals surface area (Å²) in [6.45, 7) is 0.725. The Bertz CT molecular complexity index is 530. The summed E-state index contributed by atoms with van der Waals surface area (Å²) in [4.78, 5) is 16.2. The molecule has 1 heterocycles. The number of ketones is 1. The van der Waals surface area contributed by atoms with Crippen LogP contribution in [0.5, 0.6) is 0 Å². The first-order valence-corrected chi connectivity index (χ1v) is 5.79. The van der Waals surface area contributed by atoms with E-state index < -0.39 is 0 Å². The van der Waals surface area contributed by atoms with Crippen molar-refractivity contribution in [1.29, 1.82) is 0 Å². The van der Waals surface area contributed by atoms with Crippen molar-refractivity contribution in [3.05, 3.63) is 30.1 Å². The van der Waals surface area contributed by atoms with Crippen LogP contribution in [-0.4, -0.2) is 28.9 Å². The fourth-order valence-corrected chi connectivity index (χ4v) is 1.88. The molecule has 0 spiro atoms. The topological polar surface area (TPSA) is 46.9 Å². The predicted molar refractivity (Wildman–Crippen MR) is 68.0 cm³/mol. The largest absolute Gasteiger partial charge is 0.331 e. The fourth-order valence-electron chi connectivity index (χ4n) is 1.88. The third-order valence-electron chi connectivity index (χ3n) is 2.89. The monoisotopic (exact) mass is 231 g/mol. The van der Waals surface area contributed by atoms with Crippen molar-refractivity contribution in [1.82, 2.24) is 14.9 Å². The summed E-state index contributed by atoms with van der Waals surface area (Å²) in [6.07, 6.45) is 0.965. The van der Waals surface area contributed by atoms with Crippen molar-refractivity contribution in [2.24, 2.45) is 7.05 Å².